The van der Waals surface area contributed by atoms with E-state index in [-0.39, 0.29) is 12.2 Å². The zero-order chi connectivity index (χ0) is 31.6. The minimum Gasteiger partial charge on any atom is -0.494 e. The Balaban J connectivity index is 0.000000390. The average molecular weight is 642 g/mol. The van der Waals surface area contributed by atoms with Crippen molar-refractivity contribution in [3.8, 4) is 5.75 Å². The summed E-state index contributed by atoms with van der Waals surface area (Å²) in [5, 5.41) is 9.62. The second-order valence-corrected chi connectivity index (χ2v) is 15.7. The van der Waals surface area contributed by atoms with Crippen molar-refractivity contribution in [1.29, 1.82) is 0 Å². The number of rotatable bonds is 12. The first kappa shape index (κ1) is 35.0. The van der Waals surface area contributed by atoms with Crippen molar-refractivity contribution in [2.24, 2.45) is 23.7 Å². The molecule has 0 radical (unpaired) electrons. The van der Waals surface area contributed by atoms with E-state index in [0.29, 0.717) is 12.0 Å². The van der Waals surface area contributed by atoms with Gasteiger partial charge in [0.05, 0.1) is 24.9 Å². The topological polar surface area (TPSA) is 71.4 Å². The van der Waals surface area contributed by atoms with Crippen molar-refractivity contribution in [1.82, 2.24) is 4.90 Å². The van der Waals surface area contributed by atoms with Gasteiger partial charge in [0.25, 0.3) is 0 Å². The highest BCUT2D eigenvalue weighted by Gasteiger charge is 2.49. The molecule has 45 heavy (non-hydrogen) atoms. The molecule has 1 saturated heterocycles. The van der Waals surface area contributed by atoms with Crippen LogP contribution in [-0.2, 0) is 9.78 Å². The van der Waals surface area contributed by atoms with Crippen LogP contribution in [0, 0.1) is 23.7 Å². The summed E-state index contributed by atoms with van der Waals surface area (Å²) in [6, 6.07) is 8.84. The van der Waals surface area contributed by atoms with Gasteiger partial charge in [-0.2, -0.15) is 0 Å². The molecule has 1 aromatic carbocycles. The summed E-state index contributed by atoms with van der Waals surface area (Å²) >= 11 is 0.783. The first-order valence-electron chi connectivity index (χ1n) is 17.9. The minimum atomic E-state index is -0.0821. The third-order valence-corrected chi connectivity index (χ3v) is 11.4. The van der Waals surface area contributed by atoms with E-state index in [4.69, 9.17) is 19.1 Å². The quantitative estimate of drug-likeness (QED) is 0.0775. The molecule has 0 aromatic heterocycles. The standard InChI is InChI=1S/C31H47NO4.C7H12OS/c33-28-11-14-32(15-12-28)13-1-2-16-34-29-7-3-24(4-8-29)25-5-9-30(10-6-25)35-36-31-26-18-22-17-23(20-26)21-27(31)19-22;1-6(2)4-5-7(3)9-8/h3-4,7-8,22-23,25-28,30-31,33H,1-2,5-6,9-21H2;4-5,8H,1-3H3/b;7-5+. The van der Waals surface area contributed by atoms with Gasteiger partial charge in [-0.25, -0.2) is 9.78 Å². The molecule has 0 unspecified atom stereocenters. The molecule has 0 amide bonds. The molecule has 2 N–H and O–H groups in total. The normalized spacial score (nSPS) is 31.8. The predicted molar refractivity (Wildman–Crippen MR) is 184 cm³/mol. The van der Waals surface area contributed by atoms with Crippen molar-refractivity contribution < 1.29 is 24.2 Å². The highest BCUT2D eigenvalue weighted by Crippen LogP contribution is 2.54. The summed E-state index contributed by atoms with van der Waals surface area (Å²) in [6.07, 6.45) is 20.1. The molecule has 0 spiro atoms. The first-order chi connectivity index (χ1) is 21.9. The Morgan fingerprint density at radius 1 is 0.822 bits per heavy atom. The Morgan fingerprint density at radius 2 is 1.47 bits per heavy atom. The number of aliphatic hydroxyl groups excluding tert-OH is 1. The molecule has 5 aliphatic carbocycles. The summed E-state index contributed by atoms with van der Waals surface area (Å²) < 4.78 is 14.5. The summed E-state index contributed by atoms with van der Waals surface area (Å²) in [6.45, 7) is 9.87. The van der Waals surface area contributed by atoms with Crippen molar-refractivity contribution in [2.45, 2.75) is 128 Å². The van der Waals surface area contributed by atoms with Crippen LogP contribution in [0.5, 0.6) is 5.75 Å². The molecule has 0 atom stereocenters. The van der Waals surface area contributed by atoms with Crippen LogP contribution in [0.4, 0.5) is 0 Å². The highest BCUT2D eigenvalue weighted by atomic mass is 32.2. The van der Waals surface area contributed by atoms with Gasteiger partial charge in [-0.3, -0.25) is 0 Å². The van der Waals surface area contributed by atoms with E-state index in [2.05, 4.69) is 29.2 Å². The number of likely N-dealkylation sites (tertiary alicyclic amines) is 1. The Hall–Kier alpha value is -1.35. The number of piperidine rings is 1. The third-order valence-electron chi connectivity index (χ3n) is 11.0. The van der Waals surface area contributed by atoms with Crippen LogP contribution in [0.1, 0.15) is 116 Å². The van der Waals surface area contributed by atoms with Gasteiger partial charge in [0.1, 0.15) is 5.75 Å². The van der Waals surface area contributed by atoms with Gasteiger partial charge in [-0.15, -0.1) is 0 Å². The lowest BCUT2D eigenvalue weighted by molar-refractivity contribution is -0.383. The maximum atomic E-state index is 9.62. The van der Waals surface area contributed by atoms with Crippen LogP contribution in [0.25, 0.3) is 0 Å². The van der Waals surface area contributed by atoms with Gasteiger partial charge >= 0.3 is 0 Å². The number of hydrogen-bond acceptors (Lipinski definition) is 7. The maximum Gasteiger partial charge on any atom is 0.119 e. The lowest BCUT2D eigenvalue weighted by Crippen LogP contribution is -2.49. The molecule has 1 heterocycles. The SMILES string of the molecule is CC(C)=C/C=C(\C)SO.OC1CCN(CCCCOc2ccc(C3CCC(OOC4C5CC6CC(C5)CC4C6)CC3)cc2)CC1. The van der Waals surface area contributed by atoms with Crippen LogP contribution in [0.15, 0.2) is 46.9 Å². The highest BCUT2D eigenvalue weighted by molar-refractivity contribution is 7.97. The largest absolute Gasteiger partial charge is 0.494 e. The average Bonchev–Trinajstić information content (AvgIpc) is 3.04. The Labute approximate surface area is 277 Å². The van der Waals surface area contributed by atoms with Gasteiger partial charge in [0.15, 0.2) is 0 Å². The monoisotopic (exact) mass is 641 g/mol. The zero-order valence-electron chi connectivity index (χ0n) is 28.1. The fraction of sp³-hybridized carbons (Fsp3) is 0.737. The van der Waals surface area contributed by atoms with Gasteiger partial charge < -0.3 is 19.3 Å². The number of aliphatic hydroxyl groups is 1. The molecule has 6 nitrogen and oxygen atoms in total. The van der Waals surface area contributed by atoms with Crippen molar-refractivity contribution in [2.75, 3.05) is 26.2 Å². The van der Waals surface area contributed by atoms with E-state index in [0.717, 1.165) is 111 Å². The van der Waals surface area contributed by atoms with Gasteiger partial charge in [0.2, 0.25) is 0 Å². The Bertz CT molecular complexity index is 1040. The molecular weight excluding hydrogens is 582 g/mol. The van der Waals surface area contributed by atoms with Crippen LogP contribution in [0.2, 0.25) is 0 Å². The summed E-state index contributed by atoms with van der Waals surface area (Å²) in [4.78, 5) is 15.6. The smallest absolute Gasteiger partial charge is 0.119 e. The number of benzene rings is 1. The molecule has 6 fully saturated rings. The van der Waals surface area contributed by atoms with E-state index >= 15 is 0 Å². The van der Waals surface area contributed by atoms with E-state index in [1.165, 1.54) is 56.1 Å². The lowest BCUT2D eigenvalue weighted by Gasteiger charge is -2.53. The summed E-state index contributed by atoms with van der Waals surface area (Å²) in [7, 11) is 0. The number of ether oxygens (including phenoxy) is 1. The lowest BCUT2D eigenvalue weighted by atomic mass is 9.55. The van der Waals surface area contributed by atoms with Crippen LogP contribution >= 0.6 is 12.0 Å². The molecule has 252 valence electrons. The van der Waals surface area contributed by atoms with Gasteiger partial charge in [-0.05, 0) is 158 Å². The number of nitrogens with zero attached hydrogens (tertiary/aromatic N) is 1. The second kappa shape index (κ2) is 17.7. The van der Waals surface area contributed by atoms with Gasteiger partial charge in [0, 0.05) is 30.0 Å². The molecule has 4 bridgehead atoms. The van der Waals surface area contributed by atoms with Crippen LogP contribution in [-0.4, -0.2) is 59.1 Å². The molecule has 6 aliphatic rings. The number of hydrogen-bond donors (Lipinski definition) is 2. The Kier molecular flexibility index (Phi) is 13.8. The van der Waals surface area contributed by atoms with E-state index < -0.39 is 0 Å². The first-order valence-corrected chi connectivity index (χ1v) is 18.7. The van der Waals surface area contributed by atoms with E-state index in [1.54, 1.807) is 0 Å². The van der Waals surface area contributed by atoms with Crippen molar-refractivity contribution in [3.63, 3.8) is 0 Å². The van der Waals surface area contributed by atoms with Gasteiger partial charge in [-0.1, -0.05) is 29.9 Å². The second-order valence-electron chi connectivity index (χ2n) is 14.9. The molecule has 7 rings (SSSR count). The van der Waals surface area contributed by atoms with E-state index in [1.807, 2.05) is 32.9 Å². The van der Waals surface area contributed by atoms with Crippen LogP contribution in [0.3, 0.4) is 0 Å². The minimum absolute atomic E-state index is 0.0821. The maximum absolute atomic E-state index is 9.62. The summed E-state index contributed by atoms with van der Waals surface area (Å²) in [5.74, 6) is 5.12. The number of allylic oxidation sites excluding steroid dienone is 4. The third kappa shape index (κ3) is 10.8. The van der Waals surface area contributed by atoms with E-state index in [9.17, 15) is 5.11 Å². The Morgan fingerprint density at radius 3 is 2.07 bits per heavy atom. The zero-order valence-corrected chi connectivity index (χ0v) is 28.9. The van der Waals surface area contributed by atoms with Crippen LogP contribution < -0.4 is 4.74 Å². The van der Waals surface area contributed by atoms with Crippen molar-refractivity contribution in [3.05, 3.63) is 52.5 Å². The molecule has 1 aromatic rings. The summed E-state index contributed by atoms with van der Waals surface area (Å²) in [5.41, 5.74) is 2.68. The molecule has 7 heteroatoms. The predicted octanol–water partition coefficient (Wildman–Crippen LogP) is 9.16. The van der Waals surface area contributed by atoms with Crippen molar-refractivity contribution >= 4 is 12.0 Å². The number of unbranched alkanes of at least 4 members (excludes halogenated alkanes) is 1. The molecule has 1 aliphatic heterocycles. The molecule has 5 saturated carbocycles. The fourth-order valence-electron chi connectivity index (χ4n) is 8.59. The molecular formula is C38H59NO5S. The fourth-order valence-corrected chi connectivity index (χ4v) is 8.72.